The molecule has 3 nitrogen and oxygen atoms in total. The molecule has 66 valence electrons. The van der Waals surface area contributed by atoms with Crippen LogP contribution in [-0.4, -0.2) is 16.2 Å². The summed E-state index contributed by atoms with van der Waals surface area (Å²) in [5.74, 6) is 0. The highest BCUT2D eigenvalue weighted by molar-refractivity contribution is 5.19. The summed E-state index contributed by atoms with van der Waals surface area (Å²) in [6.45, 7) is 3.58. The van der Waals surface area contributed by atoms with E-state index in [1.54, 1.807) is 13.1 Å². The average Bonchev–Trinajstić information content (AvgIpc) is 2.03. The van der Waals surface area contributed by atoms with Crippen LogP contribution in [0.4, 0.5) is 0 Å². The highest BCUT2D eigenvalue weighted by atomic mass is 16.3. The molecule has 1 heterocycles. The van der Waals surface area contributed by atoms with Crippen molar-refractivity contribution in [3.8, 4) is 0 Å². The zero-order chi connectivity index (χ0) is 9.14. The molecule has 0 saturated carbocycles. The number of aliphatic hydroxyl groups excluding tert-OH is 1. The van der Waals surface area contributed by atoms with Gasteiger partial charge >= 0.3 is 0 Å². The average molecular weight is 166 g/mol. The van der Waals surface area contributed by atoms with Crippen molar-refractivity contribution < 1.29 is 5.11 Å². The van der Waals surface area contributed by atoms with Gasteiger partial charge in [0.2, 0.25) is 0 Å². The van der Waals surface area contributed by atoms with Crippen LogP contribution in [0.3, 0.4) is 0 Å². The van der Waals surface area contributed by atoms with Crippen LogP contribution < -0.4 is 5.73 Å². The number of hydrogen-bond donors (Lipinski definition) is 2. The molecule has 0 aliphatic carbocycles. The summed E-state index contributed by atoms with van der Waals surface area (Å²) in [5, 5.41) is 9.22. The fourth-order valence-corrected chi connectivity index (χ4v) is 1.05. The van der Waals surface area contributed by atoms with Crippen LogP contribution in [0.2, 0.25) is 0 Å². The van der Waals surface area contributed by atoms with Crippen LogP contribution in [0.1, 0.15) is 24.2 Å². The first-order chi connectivity index (χ1) is 5.61. The second-order valence-electron chi connectivity index (χ2n) is 3.00. The van der Waals surface area contributed by atoms with Gasteiger partial charge in [0.1, 0.15) is 0 Å². The summed E-state index contributed by atoms with van der Waals surface area (Å²) in [5.41, 5.74) is 7.58. The van der Waals surface area contributed by atoms with E-state index in [1.165, 1.54) is 0 Å². The summed E-state index contributed by atoms with van der Waals surface area (Å²) in [6, 6.07) is 3.40. The molecule has 0 bridgehead atoms. The molecule has 0 saturated heterocycles. The lowest BCUT2D eigenvalue weighted by Gasteiger charge is -2.14. The van der Waals surface area contributed by atoms with Crippen LogP contribution in [0.25, 0.3) is 0 Å². The van der Waals surface area contributed by atoms with Gasteiger partial charge in [0.25, 0.3) is 0 Å². The van der Waals surface area contributed by atoms with Gasteiger partial charge in [-0.15, -0.1) is 0 Å². The SMILES string of the molecule is Cc1cc(C(N)C(C)O)ccn1. The molecule has 12 heavy (non-hydrogen) atoms. The smallest absolute Gasteiger partial charge is 0.0704 e. The number of pyridine rings is 1. The number of aliphatic hydroxyl groups is 1. The van der Waals surface area contributed by atoms with E-state index >= 15 is 0 Å². The van der Waals surface area contributed by atoms with E-state index < -0.39 is 6.10 Å². The van der Waals surface area contributed by atoms with Gasteiger partial charge in [0.15, 0.2) is 0 Å². The number of aryl methyl sites for hydroxylation is 1. The zero-order valence-corrected chi connectivity index (χ0v) is 7.36. The predicted octanol–water partition coefficient (Wildman–Crippen LogP) is 0.771. The molecule has 0 fully saturated rings. The normalized spacial score (nSPS) is 15.7. The summed E-state index contributed by atoms with van der Waals surface area (Å²) >= 11 is 0. The van der Waals surface area contributed by atoms with Gasteiger partial charge < -0.3 is 10.8 Å². The zero-order valence-electron chi connectivity index (χ0n) is 7.36. The number of nitrogens with zero attached hydrogens (tertiary/aromatic N) is 1. The molecule has 0 aromatic carbocycles. The Balaban J connectivity index is 2.88. The monoisotopic (exact) mass is 166 g/mol. The molecule has 0 aliphatic rings. The molecule has 0 amide bonds. The van der Waals surface area contributed by atoms with Crippen LogP contribution in [0, 0.1) is 6.92 Å². The number of aromatic nitrogens is 1. The molecule has 1 aromatic rings. The Kier molecular flexibility index (Phi) is 2.78. The molecule has 0 aliphatic heterocycles. The quantitative estimate of drug-likeness (QED) is 0.682. The Morgan fingerprint density at radius 2 is 2.25 bits per heavy atom. The number of hydrogen-bond acceptors (Lipinski definition) is 3. The highest BCUT2D eigenvalue weighted by Gasteiger charge is 2.11. The first-order valence-corrected chi connectivity index (χ1v) is 3.97. The maximum atomic E-state index is 9.22. The van der Waals surface area contributed by atoms with Crippen LogP contribution in [-0.2, 0) is 0 Å². The second kappa shape index (κ2) is 3.65. The van der Waals surface area contributed by atoms with Gasteiger partial charge in [0.05, 0.1) is 12.1 Å². The lowest BCUT2D eigenvalue weighted by atomic mass is 10.0. The molecule has 1 rings (SSSR count). The summed E-state index contributed by atoms with van der Waals surface area (Å²) in [6.07, 6.45) is 1.18. The van der Waals surface area contributed by atoms with Crippen molar-refractivity contribution in [2.75, 3.05) is 0 Å². The van der Waals surface area contributed by atoms with Crippen LogP contribution in [0.15, 0.2) is 18.3 Å². The fourth-order valence-electron chi connectivity index (χ4n) is 1.05. The lowest BCUT2D eigenvalue weighted by molar-refractivity contribution is 0.164. The Labute approximate surface area is 72.2 Å². The Morgan fingerprint density at radius 1 is 1.58 bits per heavy atom. The highest BCUT2D eigenvalue weighted by Crippen LogP contribution is 2.13. The van der Waals surface area contributed by atoms with E-state index in [1.807, 2.05) is 19.1 Å². The van der Waals surface area contributed by atoms with Crippen LogP contribution >= 0.6 is 0 Å². The summed E-state index contributed by atoms with van der Waals surface area (Å²) < 4.78 is 0. The molecule has 3 N–H and O–H groups in total. The maximum Gasteiger partial charge on any atom is 0.0704 e. The van der Waals surface area contributed by atoms with Crippen molar-refractivity contribution in [2.24, 2.45) is 5.73 Å². The Hall–Kier alpha value is -0.930. The first kappa shape index (κ1) is 9.16. The van der Waals surface area contributed by atoms with E-state index in [0.29, 0.717) is 0 Å². The van der Waals surface area contributed by atoms with Crippen molar-refractivity contribution >= 4 is 0 Å². The molecule has 2 atom stereocenters. The minimum Gasteiger partial charge on any atom is -0.391 e. The Morgan fingerprint density at radius 3 is 2.75 bits per heavy atom. The minimum atomic E-state index is -0.521. The number of nitrogens with two attached hydrogens (primary N) is 1. The van der Waals surface area contributed by atoms with Crippen molar-refractivity contribution in [1.82, 2.24) is 4.98 Å². The molecule has 0 spiro atoms. The molecule has 1 aromatic heterocycles. The Bertz CT molecular complexity index is 260. The van der Waals surface area contributed by atoms with E-state index in [4.69, 9.17) is 5.73 Å². The summed E-state index contributed by atoms with van der Waals surface area (Å²) in [7, 11) is 0. The van der Waals surface area contributed by atoms with Gasteiger partial charge in [-0.25, -0.2) is 0 Å². The molecule has 0 radical (unpaired) electrons. The molecular weight excluding hydrogens is 152 g/mol. The van der Waals surface area contributed by atoms with E-state index in [2.05, 4.69) is 4.98 Å². The maximum absolute atomic E-state index is 9.22. The van der Waals surface area contributed by atoms with Gasteiger partial charge in [-0.05, 0) is 31.5 Å². The third-order valence-electron chi connectivity index (χ3n) is 1.83. The second-order valence-corrected chi connectivity index (χ2v) is 3.00. The molecule has 3 heteroatoms. The largest absolute Gasteiger partial charge is 0.391 e. The molecule has 2 unspecified atom stereocenters. The van der Waals surface area contributed by atoms with Crippen molar-refractivity contribution in [3.63, 3.8) is 0 Å². The summed E-state index contributed by atoms with van der Waals surface area (Å²) in [4.78, 5) is 4.04. The van der Waals surface area contributed by atoms with E-state index in [0.717, 1.165) is 11.3 Å². The van der Waals surface area contributed by atoms with Gasteiger partial charge in [-0.1, -0.05) is 0 Å². The van der Waals surface area contributed by atoms with Crippen molar-refractivity contribution in [3.05, 3.63) is 29.6 Å². The van der Waals surface area contributed by atoms with Crippen LogP contribution in [0.5, 0.6) is 0 Å². The predicted molar refractivity (Wildman–Crippen MR) is 47.6 cm³/mol. The fraction of sp³-hybridized carbons (Fsp3) is 0.444. The third-order valence-corrected chi connectivity index (χ3v) is 1.83. The molecular formula is C9H14N2O. The van der Waals surface area contributed by atoms with Crippen molar-refractivity contribution in [2.45, 2.75) is 26.0 Å². The standard InChI is InChI=1S/C9H14N2O/c1-6-5-8(3-4-11-6)9(10)7(2)12/h3-5,7,9,12H,10H2,1-2H3. The van der Waals surface area contributed by atoms with E-state index in [9.17, 15) is 5.11 Å². The number of rotatable bonds is 2. The van der Waals surface area contributed by atoms with Gasteiger partial charge in [-0.3, -0.25) is 4.98 Å². The third kappa shape index (κ3) is 2.03. The lowest BCUT2D eigenvalue weighted by Crippen LogP contribution is -2.23. The van der Waals surface area contributed by atoms with Gasteiger partial charge in [0, 0.05) is 11.9 Å². The van der Waals surface area contributed by atoms with E-state index in [-0.39, 0.29) is 6.04 Å². The first-order valence-electron chi connectivity index (χ1n) is 3.97. The topological polar surface area (TPSA) is 59.1 Å². The minimum absolute atomic E-state index is 0.313. The van der Waals surface area contributed by atoms with Crippen molar-refractivity contribution in [1.29, 1.82) is 0 Å². The van der Waals surface area contributed by atoms with Gasteiger partial charge in [-0.2, -0.15) is 0 Å².